The highest BCUT2D eigenvalue weighted by Gasteiger charge is 2.35. The summed E-state index contributed by atoms with van der Waals surface area (Å²) in [6, 6.07) is 3.77. The molecule has 1 aliphatic rings. The van der Waals surface area contributed by atoms with E-state index in [-0.39, 0.29) is 11.4 Å². The molecule has 1 aliphatic heterocycles. The van der Waals surface area contributed by atoms with Gasteiger partial charge in [-0.1, -0.05) is 0 Å². The Morgan fingerprint density at radius 2 is 2.25 bits per heavy atom. The molecule has 20 heavy (non-hydrogen) atoms. The molecule has 1 unspecified atom stereocenters. The lowest BCUT2D eigenvalue weighted by Gasteiger charge is -2.26. The summed E-state index contributed by atoms with van der Waals surface area (Å²) in [5.74, 6) is 1.32. The zero-order valence-corrected chi connectivity index (χ0v) is 13.1. The van der Waals surface area contributed by atoms with Crippen molar-refractivity contribution in [2.24, 2.45) is 0 Å². The highest BCUT2D eigenvalue weighted by atomic mass is 32.2. The quantitative estimate of drug-likeness (QED) is 0.901. The van der Waals surface area contributed by atoms with E-state index in [1.165, 1.54) is 18.2 Å². The third-order valence-corrected chi connectivity index (χ3v) is 6.15. The van der Waals surface area contributed by atoms with Crippen molar-refractivity contribution in [3.8, 4) is 0 Å². The Labute approximate surface area is 123 Å². The molecule has 1 aromatic rings. The van der Waals surface area contributed by atoms with Crippen LogP contribution in [0.3, 0.4) is 0 Å². The van der Waals surface area contributed by atoms with E-state index in [0.717, 1.165) is 17.9 Å². The molecule has 0 bridgehead atoms. The summed E-state index contributed by atoms with van der Waals surface area (Å²) >= 11 is 1.75. The Kier molecular flexibility index (Phi) is 4.73. The average Bonchev–Trinajstić information content (AvgIpc) is 2.89. The number of hydrogen-bond donors (Lipinski definition) is 1. The Morgan fingerprint density at radius 3 is 2.80 bits per heavy atom. The first-order valence-electron chi connectivity index (χ1n) is 6.27. The minimum absolute atomic E-state index is 0.0771. The molecule has 1 N–H and O–H groups in total. The number of hydrogen-bond acceptors (Lipinski definition) is 4. The van der Waals surface area contributed by atoms with Crippen molar-refractivity contribution >= 4 is 21.8 Å². The van der Waals surface area contributed by atoms with Gasteiger partial charge in [0.1, 0.15) is 5.82 Å². The smallest absolute Gasteiger partial charge is 0.240 e. The van der Waals surface area contributed by atoms with Crippen molar-refractivity contribution in [3.63, 3.8) is 0 Å². The lowest BCUT2D eigenvalue weighted by atomic mass is 10.0. The second kappa shape index (κ2) is 6.01. The fraction of sp³-hybridized carbons (Fsp3) is 0.538. The number of rotatable bonds is 5. The lowest BCUT2D eigenvalue weighted by molar-refractivity contribution is 0.0179. The van der Waals surface area contributed by atoms with E-state index < -0.39 is 21.4 Å². The fourth-order valence-electron chi connectivity index (χ4n) is 2.06. The van der Waals surface area contributed by atoms with E-state index in [9.17, 15) is 12.8 Å². The number of halogens is 1. The predicted molar refractivity (Wildman–Crippen MR) is 78.0 cm³/mol. The van der Waals surface area contributed by atoms with Crippen LogP contribution in [-0.2, 0) is 14.8 Å². The van der Waals surface area contributed by atoms with Crippen LogP contribution in [-0.4, -0.2) is 39.2 Å². The van der Waals surface area contributed by atoms with E-state index in [1.54, 1.807) is 25.8 Å². The largest absolute Gasteiger partial charge is 0.376 e. The third-order valence-electron chi connectivity index (χ3n) is 3.52. The number of sulfonamides is 1. The van der Waals surface area contributed by atoms with E-state index in [0.29, 0.717) is 5.56 Å². The molecule has 4 nitrogen and oxygen atoms in total. The number of thioether (sulfide) groups is 1. The molecule has 0 radical (unpaired) electrons. The Balaban J connectivity index is 2.13. The summed E-state index contributed by atoms with van der Waals surface area (Å²) in [6.07, 6.45) is 0.819. The summed E-state index contributed by atoms with van der Waals surface area (Å²) in [5.41, 5.74) is -0.127. The molecular weight excluding hydrogens is 301 g/mol. The molecule has 0 saturated carbocycles. The first-order valence-corrected chi connectivity index (χ1v) is 8.91. The van der Waals surface area contributed by atoms with Gasteiger partial charge < -0.3 is 4.74 Å². The van der Waals surface area contributed by atoms with Gasteiger partial charge in [0.15, 0.2) is 0 Å². The van der Waals surface area contributed by atoms with Crippen molar-refractivity contribution in [3.05, 3.63) is 29.6 Å². The molecule has 0 aliphatic carbocycles. The van der Waals surface area contributed by atoms with Gasteiger partial charge in [-0.25, -0.2) is 17.5 Å². The van der Waals surface area contributed by atoms with E-state index >= 15 is 0 Å². The van der Waals surface area contributed by atoms with Gasteiger partial charge in [0.25, 0.3) is 0 Å². The van der Waals surface area contributed by atoms with E-state index in [2.05, 4.69) is 4.72 Å². The van der Waals surface area contributed by atoms with Crippen molar-refractivity contribution < 1.29 is 17.5 Å². The number of aryl methyl sites for hydroxylation is 1. The minimum Gasteiger partial charge on any atom is -0.376 e. The van der Waals surface area contributed by atoms with Gasteiger partial charge in [-0.3, -0.25) is 0 Å². The SMILES string of the molecule is COC1(CNS(=O)(=O)c2ccc(F)c(C)c2)CCSC1. The normalized spacial score (nSPS) is 23.1. The average molecular weight is 319 g/mol. The second-order valence-corrected chi connectivity index (χ2v) is 7.80. The van der Waals surface area contributed by atoms with E-state index in [4.69, 9.17) is 4.74 Å². The maximum absolute atomic E-state index is 13.2. The number of ether oxygens (including phenoxy) is 1. The topological polar surface area (TPSA) is 55.4 Å². The number of nitrogens with one attached hydrogen (secondary N) is 1. The van der Waals surface area contributed by atoms with Crippen molar-refractivity contribution in [1.29, 1.82) is 0 Å². The standard InChI is InChI=1S/C13H18FNO3S2/c1-10-7-11(3-4-12(10)14)20(16,17)15-8-13(18-2)5-6-19-9-13/h3-4,7,15H,5-6,8-9H2,1-2H3. The Morgan fingerprint density at radius 1 is 1.50 bits per heavy atom. The van der Waals surface area contributed by atoms with E-state index in [1.807, 2.05) is 0 Å². The third kappa shape index (κ3) is 3.33. The fourth-order valence-corrected chi connectivity index (χ4v) is 4.65. The molecule has 7 heteroatoms. The molecule has 0 aromatic heterocycles. The number of methoxy groups -OCH3 is 1. The first-order chi connectivity index (χ1) is 9.38. The summed E-state index contributed by atoms with van der Waals surface area (Å²) in [5, 5.41) is 0. The van der Waals surface area contributed by atoms with Crippen LogP contribution in [0.4, 0.5) is 4.39 Å². The van der Waals surface area contributed by atoms with Gasteiger partial charge in [0, 0.05) is 19.4 Å². The first kappa shape index (κ1) is 15.8. The van der Waals surface area contributed by atoms with Crippen molar-refractivity contribution in [2.75, 3.05) is 25.2 Å². The zero-order valence-electron chi connectivity index (χ0n) is 11.5. The maximum atomic E-state index is 13.2. The predicted octanol–water partition coefficient (Wildman–Crippen LogP) is 1.93. The molecule has 1 saturated heterocycles. The maximum Gasteiger partial charge on any atom is 0.240 e. The highest BCUT2D eigenvalue weighted by Crippen LogP contribution is 2.30. The van der Waals surface area contributed by atoms with Crippen molar-refractivity contribution in [2.45, 2.75) is 23.8 Å². The van der Waals surface area contributed by atoms with Crippen LogP contribution in [0.2, 0.25) is 0 Å². The molecule has 1 fully saturated rings. The molecule has 1 aromatic carbocycles. The van der Waals surface area contributed by atoms with Crippen LogP contribution in [0.5, 0.6) is 0 Å². The van der Waals surface area contributed by atoms with Crippen LogP contribution in [0.15, 0.2) is 23.1 Å². The molecule has 1 atom stereocenters. The zero-order chi connectivity index (χ0) is 14.8. The summed E-state index contributed by atoms with van der Waals surface area (Å²) in [4.78, 5) is 0.0771. The molecular formula is C13H18FNO3S2. The van der Waals surface area contributed by atoms with Crippen molar-refractivity contribution in [1.82, 2.24) is 4.72 Å². The summed E-state index contributed by atoms with van der Waals surface area (Å²) in [6.45, 7) is 1.77. The van der Waals surface area contributed by atoms with Gasteiger partial charge in [0.05, 0.1) is 10.5 Å². The van der Waals surface area contributed by atoms with Crippen LogP contribution in [0.1, 0.15) is 12.0 Å². The van der Waals surface area contributed by atoms with Crippen LogP contribution in [0.25, 0.3) is 0 Å². The molecule has 0 amide bonds. The van der Waals surface area contributed by atoms with Gasteiger partial charge in [0.2, 0.25) is 10.0 Å². The minimum atomic E-state index is -3.64. The molecule has 1 heterocycles. The monoisotopic (exact) mass is 319 g/mol. The van der Waals surface area contributed by atoms with Gasteiger partial charge in [-0.15, -0.1) is 0 Å². The number of benzene rings is 1. The van der Waals surface area contributed by atoms with Gasteiger partial charge >= 0.3 is 0 Å². The van der Waals surface area contributed by atoms with Gasteiger partial charge in [-0.05, 0) is 42.9 Å². The highest BCUT2D eigenvalue weighted by molar-refractivity contribution is 7.99. The Hall–Kier alpha value is -0.630. The van der Waals surface area contributed by atoms with Crippen LogP contribution >= 0.6 is 11.8 Å². The molecule has 112 valence electrons. The second-order valence-electron chi connectivity index (χ2n) is 4.93. The van der Waals surface area contributed by atoms with Crippen LogP contribution < -0.4 is 4.72 Å². The Bertz CT molecular complexity index is 583. The van der Waals surface area contributed by atoms with Crippen LogP contribution in [0, 0.1) is 12.7 Å². The summed E-state index contributed by atoms with van der Waals surface area (Å²) in [7, 11) is -2.04. The lowest BCUT2D eigenvalue weighted by Crippen LogP contribution is -2.44. The van der Waals surface area contributed by atoms with Gasteiger partial charge in [-0.2, -0.15) is 11.8 Å². The molecule has 2 rings (SSSR count). The molecule has 0 spiro atoms. The summed E-state index contributed by atoms with van der Waals surface area (Å²) < 4.78 is 45.7.